The number of aromatic nitrogens is 1. The number of sulfonamides is 1. The zero-order valence-corrected chi connectivity index (χ0v) is 11.6. The normalized spacial score (nSPS) is 11.3. The summed E-state index contributed by atoms with van der Waals surface area (Å²) in [5.41, 5.74) is 0.0959. The maximum atomic E-state index is 11.3. The monoisotopic (exact) mass is 291 g/mol. The lowest BCUT2D eigenvalue weighted by Gasteiger charge is -2.02. The van der Waals surface area contributed by atoms with Crippen molar-refractivity contribution in [3.05, 3.63) is 12.0 Å². The smallest absolute Gasteiger partial charge is 0.360 e. The minimum atomic E-state index is -3.16. The molecule has 0 fully saturated rings. The van der Waals surface area contributed by atoms with Crippen LogP contribution in [0, 0.1) is 0 Å². The molecule has 0 aliphatic carbocycles. The zero-order chi connectivity index (χ0) is 14.3. The third kappa shape index (κ3) is 6.20. The minimum Gasteiger partial charge on any atom is -0.461 e. The summed E-state index contributed by atoms with van der Waals surface area (Å²) < 4.78 is 33.7. The first-order chi connectivity index (χ1) is 8.92. The van der Waals surface area contributed by atoms with Crippen molar-refractivity contribution in [3.8, 4) is 0 Å². The highest BCUT2D eigenvalue weighted by atomic mass is 32.2. The third-order valence-electron chi connectivity index (χ3n) is 1.98. The van der Waals surface area contributed by atoms with Gasteiger partial charge in [0.1, 0.15) is 6.26 Å². The molecule has 0 aliphatic rings. The molecule has 0 saturated carbocycles. The second-order valence-electron chi connectivity index (χ2n) is 3.71. The average molecular weight is 291 g/mol. The number of anilines is 1. The SMILES string of the molecule is CCOC(=O)c1coc(NCCCNS(C)(=O)=O)n1. The predicted octanol–water partition coefficient (Wildman–Crippen LogP) is 0.202. The molecular formula is C10H17N3O5S. The second-order valence-corrected chi connectivity index (χ2v) is 5.54. The molecule has 0 unspecified atom stereocenters. The fourth-order valence-corrected chi connectivity index (χ4v) is 1.71. The molecule has 0 aliphatic heterocycles. The van der Waals surface area contributed by atoms with Crippen molar-refractivity contribution in [2.45, 2.75) is 13.3 Å². The van der Waals surface area contributed by atoms with Gasteiger partial charge in [-0.05, 0) is 13.3 Å². The van der Waals surface area contributed by atoms with E-state index in [-0.39, 0.29) is 18.3 Å². The largest absolute Gasteiger partial charge is 0.461 e. The Morgan fingerprint density at radius 1 is 1.47 bits per heavy atom. The Balaban J connectivity index is 2.29. The highest BCUT2D eigenvalue weighted by Gasteiger charge is 2.12. The van der Waals surface area contributed by atoms with Crippen LogP contribution in [0.4, 0.5) is 6.01 Å². The molecule has 0 saturated heterocycles. The number of hydrogen-bond acceptors (Lipinski definition) is 7. The van der Waals surface area contributed by atoms with Gasteiger partial charge in [0.15, 0.2) is 5.69 Å². The van der Waals surface area contributed by atoms with Crippen LogP contribution in [0.1, 0.15) is 23.8 Å². The van der Waals surface area contributed by atoms with E-state index in [0.717, 1.165) is 6.26 Å². The molecule has 0 radical (unpaired) electrons. The van der Waals surface area contributed by atoms with E-state index in [1.807, 2.05) is 0 Å². The Hall–Kier alpha value is -1.61. The summed E-state index contributed by atoms with van der Waals surface area (Å²) in [7, 11) is -3.16. The number of esters is 1. The van der Waals surface area contributed by atoms with Crippen molar-refractivity contribution in [3.63, 3.8) is 0 Å². The lowest BCUT2D eigenvalue weighted by molar-refractivity contribution is 0.0519. The van der Waals surface area contributed by atoms with Crippen LogP contribution in [-0.4, -0.2) is 45.3 Å². The van der Waals surface area contributed by atoms with Crippen LogP contribution >= 0.6 is 0 Å². The van der Waals surface area contributed by atoms with Gasteiger partial charge >= 0.3 is 5.97 Å². The van der Waals surface area contributed by atoms with Crippen LogP contribution in [0.15, 0.2) is 10.7 Å². The Labute approximate surface area is 111 Å². The summed E-state index contributed by atoms with van der Waals surface area (Å²) in [6.45, 7) is 2.75. The standard InChI is InChI=1S/C10H17N3O5S/c1-3-17-9(14)8-7-18-10(13-8)11-5-4-6-12-19(2,15)16/h7,12H,3-6H2,1-2H3,(H,11,13). The molecule has 0 amide bonds. The van der Waals surface area contributed by atoms with Gasteiger partial charge in [-0.15, -0.1) is 0 Å². The molecular weight excluding hydrogens is 274 g/mol. The first kappa shape index (κ1) is 15.4. The molecule has 1 aromatic rings. The van der Waals surface area contributed by atoms with E-state index in [2.05, 4.69) is 15.0 Å². The highest BCUT2D eigenvalue weighted by molar-refractivity contribution is 7.88. The van der Waals surface area contributed by atoms with Gasteiger partial charge in [-0.3, -0.25) is 0 Å². The van der Waals surface area contributed by atoms with Gasteiger partial charge in [-0.25, -0.2) is 17.9 Å². The Morgan fingerprint density at radius 2 is 2.21 bits per heavy atom. The molecule has 0 aromatic carbocycles. The zero-order valence-electron chi connectivity index (χ0n) is 10.8. The van der Waals surface area contributed by atoms with Crippen molar-refractivity contribution in [1.29, 1.82) is 0 Å². The third-order valence-corrected chi connectivity index (χ3v) is 2.71. The number of carbonyl (C=O) groups is 1. The van der Waals surface area contributed by atoms with Gasteiger partial charge in [-0.2, -0.15) is 4.98 Å². The number of carbonyl (C=O) groups excluding carboxylic acids is 1. The molecule has 8 nitrogen and oxygen atoms in total. The molecule has 0 spiro atoms. The highest BCUT2D eigenvalue weighted by Crippen LogP contribution is 2.08. The van der Waals surface area contributed by atoms with Crippen molar-refractivity contribution >= 4 is 22.0 Å². The van der Waals surface area contributed by atoms with Gasteiger partial charge in [0, 0.05) is 13.1 Å². The maximum Gasteiger partial charge on any atom is 0.360 e. The predicted molar refractivity (Wildman–Crippen MR) is 68.4 cm³/mol. The van der Waals surface area contributed by atoms with Gasteiger partial charge in [0.25, 0.3) is 6.01 Å². The van der Waals surface area contributed by atoms with Gasteiger partial charge in [0.2, 0.25) is 10.0 Å². The number of nitrogens with one attached hydrogen (secondary N) is 2. The number of oxazole rings is 1. The summed E-state index contributed by atoms with van der Waals surface area (Å²) >= 11 is 0. The van der Waals surface area contributed by atoms with Crippen molar-refractivity contribution in [2.24, 2.45) is 0 Å². The van der Waals surface area contributed by atoms with Crippen LogP contribution < -0.4 is 10.0 Å². The van der Waals surface area contributed by atoms with E-state index in [0.29, 0.717) is 19.5 Å². The van der Waals surface area contributed by atoms with Crippen molar-refractivity contribution in [1.82, 2.24) is 9.71 Å². The second kappa shape index (κ2) is 7.10. The van der Waals surface area contributed by atoms with E-state index in [1.165, 1.54) is 6.26 Å². The van der Waals surface area contributed by atoms with Crippen molar-refractivity contribution < 1.29 is 22.4 Å². The fourth-order valence-electron chi connectivity index (χ4n) is 1.19. The fraction of sp³-hybridized carbons (Fsp3) is 0.600. The first-order valence-electron chi connectivity index (χ1n) is 5.73. The molecule has 1 aromatic heterocycles. The van der Waals surface area contributed by atoms with E-state index in [4.69, 9.17) is 9.15 Å². The lowest BCUT2D eigenvalue weighted by Crippen LogP contribution is -2.24. The number of nitrogens with zero attached hydrogens (tertiary/aromatic N) is 1. The first-order valence-corrected chi connectivity index (χ1v) is 7.62. The molecule has 2 N–H and O–H groups in total. The van der Waals surface area contributed by atoms with Crippen LogP contribution in [0.5, 0.6) is 0 Å². The Bertz CT molecular complexity index is 511. The van der Waals surface area contributed by atoms with E-state index >= 15 is 0 Å². The summed E-state index contributed by atoms with van der Waals surface area (Å²) in [6, 6.07) is 0.197. The Morgan fingerprint density at radius 3 is 2.84 bits per heavy atom. The van der Waals surface area contributed by atoms with Crippen LogP contribution in [0.3, 0.4) is 0 Å². The van der Waals surface area contributed by atoms with Crippen LogP contribution in [0.2, 0.25) is 0 Å². The maximum absolute atomic E-state index is 11.3. The van der Waals surface area contributed by atoms with Gasteiger partial charge in [0.05, 0.1) is 12.9 Å². The number of rotatable bonds is 8. The van der Waals surface area contributed by atoms with E-state index < -0.39 is 16.0 Å². The van der Waals surface area contributed by atoms with E-state index in [9.17, 15) is 13.2 Å². The quantitative estimate of drug-likeness (QED) is 0.520. The van der Waals surface area contributed by atoms with Crippen LogP contribution in [-0.2, 0) is 14.8 Å². The van der Waals surface area contributed by atoms with E-state index in [1.54, 1.807) is 6.92 Å². The van der Waals surface area contributed by atoms with Crippen molar-refractivity contribution in [2.75, 3.05) is 31.3 Å². The molecule has 1 rings (SSSR count). The number of hydrogen-bond donors (Lipinski definition) is 2. The molecule has 19 heavy (non-hydrogen) atoms. The topological polar surface area (TPSA) is 111 Å². The molecule has 108 valence electrons. The summed E-state index contributed by atoms with van der Waals surface area (Å²) in [4.78, 5) is 15.2. The summed E-state index contributed by atoms with van der Waals surface area (Å²) in [5, 5.41) is 2.83. The molecule has 0 atom stereocenters. The Kier molecular flexibility index (Phi) is 5.77. The van der Waals surface area contributed by atoms with Gasteiger partial charge < -0.3 is 14.5 Å². The summed E-state index contributed by atoms with van der Waals surface area (Å²) in [6.07, 6.45) is 2.86. The molecule has 1 heterocycles. The molecule has 9 heteroatoms. The van der Waals surface area contributed by atoms with Gasteiger partial charge in [-0.1, -0.05) is 0 Å². The van der Waals surface area contributed by atoms with Crippen LogP contribution in [0.25, 0.3) is 0 Å². The lowest BCUT2D eigenvalue weighted by atomic mass is 10.4. The summed E-state index contributed by atoms with van der Waals surface area (Å²) in [5.74, 6) is -0.543. The molecule has 0 bridgehead atoms. The average Bonchev–Trinajstić information content (AvgIpc) is 2.76. The minimum absolute atomic E-state index is 0.0959. The number of ether oxygens (including phenoxy) is 1.